The number of aryl methyl sites for hydroxylation is 2. The maximum atomic E-state index is 10.8. The van der Waals surface area contributed by atoms with Gasteiger partial charge in [0.1, 0.15) is 12.4 Å². The number of rotatable bonds is 10. The third kappa shape index (κ3) is 7.62. The van der Waals surface area contributed by atoms with E-state index in [1.165, 1.54) is 5.56 Å². The van der Waals surface area contributed by atoms with Crippen molar-refractivity contribution in [1.29, 1.82) is 0 Å². The molecule has 0 saturated carbocycles. The third-order valence-corrected chi connectivity index (χ3v) is 4.90. The van der Waals surface area contributed by atoms with Gasteiger partial charge >= 0.3 is 7.82 Å². The molecule has 7 nitrogen and oxygen atoms in total. The van der Waals surface area contributed by atoms with E-state index in [4.69, 9.17) is 20.3 Å². The van der Waals surface area contributed by atoms with Crippen LogP contribution in [0.15, 0.2) is 42.5 Å². The van der Waals surface area contributed by atoms with Crippen LogP contribution in [-0.2, 0) is 22.6 Å². The first-order chi connectivity index (χ1) is 13.1. The van der Waals surface area contributed by atoms with Gasteiger partial charge in [-0.05, 0) is 63.1 Å². The van der Waals surface area contributed by atoms with E-state index in [1.54, 1.807) is 6.92 Å². The fourth-order valence-electron chi connectivity index (χ4n) is 2.65. The molecule has 0 fully saturated rings. The van der Waals surface area contributed by atoms with Gasteiger partial charge < -0.3 is 24.8 Å². The van der Waals surface area contributed by atoms with Crippen molar-refractivity contribution in [3.8, 4) is 5.75 Å². The number of benzene rings is 1. The van der Waals surface area contributed by atoms with Gasteiger partial charge in [0.15, 0.2) is 0 Å². The number of nitrogens with two attached hydrogens (primary N) is 1. The van der Waals surface area contributed by atoms with E-state index in [1.807, 2.05) is 62.5 Å². The van der Waals surface area contributed by atoms with Crippen LogP contribution < -0.4 is 10.5 Å². The molecule has 154 valence electrons. The lowest BCUT2D eigenvalue weighted by atomic mass is 9.97. The van der Waals surface area contributed by atoms with Crippen molar-refractivity contribution in [2.24, 2.45) is 12.8 Å². The summed E-state index contributed by atoms with van der Waals surface area (Å²) in [7, 11) is -2.54. The van der Waals surface area contributed by atoms with Crippen LogP contribution in [0.25, 0.3) is 6.08 Å². The minimum absolute atomic E-state index is 0.204. The number of phosphoric acid groups is 1. The molecule has 0 bridgehead atoms. The van der Waals surface area contributed by atoms with Crippen molar-refractivity contribution in [2.45, 2.75) is 32.2 Å². The first kappa shape index (κ1) is 22.4. The summed E-state index contributed by atoms with van der Waals surface area (Å²) in [4.78, 5) is 17.6. The van der Waals surface area contributed by atoms with Crippen LogP contribution in [0, 0.1) is 6.92 Å². The van der Waals surface area contributed by atoms with Crippen LogP contribution in [0.3, 0.4) is 0 Å². The molecule has 0 amide bonds. The maximum Gasteiger partial charge on any atom is 0.469 e. The molecule has 2 aromatic rings. The van der Waals surface area contributed by atoms with E-state index in [-0.39, 0.29) is 6.61 Å². The van der Waals surface area contributed by atoms with Gasteiger partial charge in [-0.25, -0.2) is 4.57 Å². The van der Waals surface area contributed by atoms with E-state index in [2.05, 4.69) is 9.09 Å². The first-order valence-electron chi connectivity index (χ1n) is 9.05. The Morgan fingerprint density at radius 3 is 2.54 bits per heavy atom. The summed E-state index contributed by atoms with van der Waals surface area (Å²) < 4.78 is 23.1. The predicted molar refractivity (Wildman–Crippen MR) is 110 cm³/mol. The van der Waals surface area contributed by atoms with E-state index >= 15 is 0 Å². The summed E-state index contributed by atoms with van der Waals surface area (Å²) in [5, 5.41) is 0. The van der Waals surface area contributed by atoms with Crippen LogP contribution in [0.5, 0.6) is 5.75 Å². The van der Waals surface area contributed by atoms with Gasteiger partial charge in [-0.3, -0.25) is 4.52 Å². The summed E-state index contributed by atoms with van der Waals surface area (Å²) in [6.07, 6.45) is 5.16. The Kier molecular flexibility index (Phi) is 7.63. The van der Waals surface area contributed by atoms with Crippen molar-refractivity contribution < 1.29 is 23.6 Å². The maximum absolute atomic E-state index is 10.8. The van der Waals surface area contributed by atoms with Gasteiger partial charge in [0.2, 0.25) is 0 Å². The summed E-state index contributed by atoms with van der Waals surface area (Å²) >= 11 is 0. The molecule has 8 heteroatoms. The zero-order valence-corrected chi connectivity index (χ0v) is 17.4. The van der Waals surface area contributed by atoms with Gasteiger partial charge in [-0.15, -0.1) is 0 Å². The zero-order chi connectivity index (χ0) is 20.8. The highest BCUT2D eigenvalue weighted by molar-refractivity contribution is 7.46. The molecular weight excluding hydrogens is 379 g/mol. The van der Waals surface area contributed by atoms with Crippen molar-refractivity contribution in [3.63, 3.8) is 0 Å². The molecule has 0 saturated heterocycles. The Labute approximate surface area is 166 Å². The first-order valence-corrected chi connectivity index (χ1v) is 10.6. The van der Waals surface area contributed by atoms with Crippen LogP contribution in [0.4, 0.5) is 0 Å². The zero-order valence-electron chi connectivity index (χ0n) is 16.5. The van der Waals surface area contributed by atoms with E-state index in [0.717, 1.165) is 17.1 Å². The van der Waals surface area contributed by atoms with Crippen LogP contribution in [0.1, 0.15) is 30.3 Å². The summed E-state index contributed by atoms with van der Waals surface area (Å²) in [5.74, 6) is 0.836. The van der Waals surface area contributed by atoms with Crippen LogP contribution in [-0.4, -0.2) is 33.1 Å². The number of ether oxygens (including phenoxy) is 1. The van der Waals surface area contributed by atoms with Gasteiger partial charge in [0.25, 0.3) is 0 Å². The largest absolute Gasteiger partial charge is 0.490 e. The van der Waals surface area contributed by atoms with Crippen molar-refractivity contribution in [2.75, 3.05) is 13.2 Å². The third-order valence-electron chi connectivity index (χ3n) is 4.44. The topological polar surface area (TPSA) is 107 Å². The quantitative estimate of drug-likeness (QED) is 0.521. The number of hydrogen-bond acceptors (Lipinski definition) is 4. The lowest BCUT2D eigenvalue weighted by Crippen LogP contribution is -2.41. The Morgan fingerprint density at radius 1 is 1.21 bits per heavy atom. The fraction of sp³-hybridized carbons (Fsp3) is 0.400. The molecule has 1 unspecified atom stereocenters. The predicted octanol–water partition coefficient (Wildman–Crippen LogP) is 3.19. The minimum atomic E-state index is -4.51. The Bertz CT molecular complexity index is 837. The molecule has 0 spiro atoms. The van der Waals surface area contributed by atoms with Crippen LogP contribution >= 0.6 is 7.82 Å². The average molecular weight is 408 g/mol. The fourth-order valence-corrected chi connectivity index (χ4v) is 3.12. The molecule has 0 aliphatic heterocycles. The van der Waals surface area contributed by atoms with Gasteiger partial charge in [0.05, 0.1) is 6.61 Å². The standard InChI is InChI=1S/C20H29N2O5P/c1-16-6-10-19(11-7-16)26-14-4-5-17-8-9-18(22(17)3)12-13-20(2,21)15-27-28(23,24)25/h4-11H,12-15,21H2,1-3H3,(H2,23,24,25)/b5-4+. The van der Waals surface area contributed by atoms with E-state index < -0.39 is 13.4 Å². The monoisotopic (exact) mass is 408 g/mol. The molecule has 2 rings (SSSR count). The molecule has 0 aliphatic rings. The van der Waals surface area contributed by atoms with Crippen LogP contribution in [0.2, 0.25) is 0 Å². The van der Waals surface area contributed by atoms with Gasteiger partial charge in [-0.2, -0.15) is 0 Å². The molecule has 0 aliphatic carbocycles. The highest BCUT2D eigenvalue weighted by atomic mass is 31.2. The van der Waals surface area contributed by atoms with Gasteiger partial charge in [0, 0.05) is 24.0 Å². The Morgan fingerprint density at radius 2 is 1.89 bits per heavy atom. The molecule has 1 aromatic carbocycles. The molecule has 4 N–H and O–H groups in total. The second kappa shape index (κ2) is 9.54. The van der Waals surface area contributed by atoms with E-state index in [9.17, 15) is 4.57 Å². The summed E-state index contributed by atoms with van der Waals surface area (Å²) in [6.45, 7) is 4.03. The molecule has 1 atom stereocenters. The molecule has 1 heterocycles. The number of hydrogen-bond donors (Lipinski definition) is 3. The summed E-state index contributed by atoms with van der Waals surface area (Å²) in [5.41, 5.74) is 8.56. The Balaban J connectivity index is 1.85. The second-order valence-corrected chi connectivity index (χ2v) is 8.49. The van der Waals surface area contributed by atoms with Crippen molar-refractivity contribution in [1.82, 2.24) is 4.57 Å². The molecular formula is C20H29N2O5P. The van der Waals surface area contributed by atoms with Crippen molar-refractivity contribution >= 4 is 13.9 Å². The second-order valence-electron chi connectivity index (χ2n) is 7.25. The highest BCUT2D eigenvalue weighted by Crippen LogP contribution is 2.36. The minimum Gasteiger partial charge on any atom is -0.490 e. The summed E-state index contributed by atoms with van der Waals surface area (Å²) in [6, 6.07) is 11.9. The van der Waals surface area contributed by atoms with Gasteiger partial charge in [-0.1, -0.05) is 17.7 Å². The number of aromatic nitrogens is 1. The molecule has 0 radical (unpaired) electrons. The van der Waals surface area contributed by atoms with Crippen molar-refractivity contribution in [3.05, 3.63) is 59.4 Å². The number of nitrogens with zero attached hydrogens (tertiary/aromatic N) is 1. The lowest BCUT2D eigenvalue weighted by Gasteiger charge is -2.24. The number of phosphoric ester groups is 1. The SMILES string of the molecule is Cc1ccc(OC/C=C/c2ccc(CCC(C)(N)COP(=O)(O)O)n2C)cc1. The Hall–Kier alpha value is -1.89. The smallest absolute Gasteiger partial charge is 0.469 e. The normalized spacial score (nSPS) is 14.4. The lowest BCUT2D eigenvalue weighted by molar-refractivity contribution is 0.154. The van der Waals surface area contributed by atoms with E-state index in [0.29, 0.717) is 19.4 Å². The average Bonchev–Trinajstić information content (AvgIpc) is 2.96. The molecule has 1 aromatic heterocycles. The highest BCUT2D eigenvalue weighted by Gasteiger charge is 2.24. The molecule has 28 heavy (non-hydrogen) atoms.